The van der Waals surface area contributed by atoms with Crippen molar-refractivity contribution >= 4 is 21.0 Å². The molecule has 0 fully saturated rings. The highest BCUT2D eigenvalue weighted by atomic mass is 32.2. The Kier molecular flexibility index (Phi) is 4.17. The van der Waals surface area contributed by atoms with Crippen LogP contribution < -0.4 is 0 Å². The lowest BCUT2D eigenvalue weighted by Gasteiger charge is -2.13. The van der Waals surface area contributed by atoms with Crippen molar-refractivity contribution in [2.45, 2.75) is 44.2 Å². The van der Waals surface area contributed by atoms with Crippen LogP contribution in [0.1, 0.15) is 25.5 Å². The third kappa shape index (κ3) is 2.72. The minimum absolute atomic E-state index is 0.0724. The number of hydrogen-bond acceptors (Lipinski definition) is 3. The molecule has 2 N–H and O–H groups in total. The van der Waals surface area contributed by atoms with Crippen LogP contribution in [-0.4, -0.2) is 28.7 Å². The lowest BCUT2D eigenvalue weighted by atomic mass is 10.2. The largest absolute Gasteiger partial charge is 0.391 e. The third-order valence-corrected chi connectivity index (χ3v) is 4.48. The van der Waals surface area contributed by atoms with E-state index in [0.29, 0.717) is 29.6 Å². The quantitative estimate of drug-likeness (QED) is 0.830. The van der Waals surface area contributed by atoms with Crippen molar-refractivity contribution in [2.24, 2.45) is 0 Å². The Bertz CT molecular complexity index is 718. The molecule has 1 heterocycles. The van der Waals surface area contributed by atoms with Gasteiger partial charge in [-0.15, -0.1) is 0 Å². The van der Waals surface area contributed by atoms with E-state index in [1.54, 1.807) is 35.8 Å². The maximum absolute atomic E-state index is 11.6. The number of nitrogens with zero attached hydrogens (tertiary/aromatic N) is 1. The van der Waals surface area contributed by atoms with E-state index in [2.05, 4.69) is 0 Å². The van der Waals surface area contributed by atoms with E-state index in [9.17, 15) is 18.1 Å². The third-order valence-electron chi connectivity index (χ3n) is 3.45. The van der Waals surface area contributed by atoms with E-state index in [4.69, 9.17) is 0 Å². The highest BCUT2D eigenvalue weighted by Gasteiger charge is 2.23. The normalized spacial score (nSPS) is 13.8. The van der Waals surface area contributed by atoms with Crippen molar-refractivity contribution in [3.05, 3.63) is 30.0 Å². The van der Waals surface area contributed by atoms with Crippen LogP contribution >= 0.6 is 0 Å². The predicted molar refractivity (Wildman–Crippen MR) is 77.4 cm³/mol. The molecule has 1 atom stereocenters. The Balaban J connectivity index is 2.64. The molecule has 0 aliphatic rings. The zero-order valence-corrected chi connectivity index (χ0v) is 12.4. The van der Waals surface area contributed by atoms with Gasteiger partial charge in [-0.05, 0) is 19.4 Å². The van der Waals surface area contributed by atoms with Gasteiger partial charge in [0.25, 0.3) is 10.1 Å². The van der Waals surface area contributed by atoms with Gasteiger partial charge in [0.1, 0.15) is 4.90 Å². The van der Waals surface area contributed by atoms with Crippen molar-refractivity contribution in [3.63, 3.8) is 0 Å². The maximum atomic E-state index is 11.6. The molecule has 6 heteroatoms. The SMILES string of the molecule is CCCC(O)Cn1c(C)c(S(=O)(=O)O)c2ccccc21. The average molecular weight is 297 g/mol. The summed E-state index contributed by atoms with van der Waals surface area (Å²) in [4.78, 5) is -0.0724. The summed E-state index contributed by atoms with van der Waals surface area (Å²) in [6.45, 7) is 3.94. The molecule has 20 heavy (non-hydrogen) atoms. The zero-order chi connectivity index (χ0) is 14.9. The molecule has 0 aliphatic carbocycles. The summed E-state index contributed by atoms with van der Waals surface area (Å²) < 4.78 is 34.3. The standard InChI is InChI=1S/C14H19NO4S/c1-3-6-11(16)9-15-10(2)14(20(17,18)19)12-7-4-5-8-13(12)15/h4-5,7-8,11,16H,3,6,9H2,1-2H3,(H,17,18,19). The topological polar surface area (TPSA) is 79.5 Å². The fraction of sp³-hybridized carbons (Fsp3) is 0.429. The number of benzene rings is 1. The first-order valence-corrected chi connectivity index (χ1v) is 8.03. The number of hydrogen-bond donors (Lipinski definition) is 2. The lowest BCUT2D eigenvalue weighted by molar-refractivity contribution is 0.144. The van der Waals surface area contributed by atoms with Crippen LogP contribution in [0.4, 0.5) is 0 Å². The van der Waals surface area contributed by atoms with Crippen LogP contribution in [-0.2, 0) is 16.7 Å². The molecule has 0 saturated heterocycles. The van der Waals surface area contributed by atoms with Gasteiger partial charge in [-0.3, -0.25) is 4.55 Å². The van der Waals surface area contributed by atoms with Gasteiger partial charge in [0, 0.05) is 23.1 Å². The van der Waals surface area contributed by atoms with Crippen LogP contribution in [0, 0.1) is 6.92 Å². The summed E-state index contributed by atoms with van der Waals surface area (Å²) in [6, 6.07) is 6.98. The Morgan fingerprint density at radius 3 is 2.55 bits per heavy atom. The second kappa shape index (κ2) is 5.55. The highest BCUT2D eigenvalue weighted by molar-refractivity contribution is 7.86. The summed E-state index contributed by atoms with van der Waals surface area (Å²) in [6.07, 6.45) is 0.960. The Hall–Kier alpha value is -1.37. The average Bonchev–Trinajstić information content (AvgIpc) is 2.62. The number of rotatable bonds is 5. The highest BCUT2D eigenvalue weighted by Crippen LogP contribution is 2.29. The number of aliphatic hydroxyl groups excluding tert-OH is 1. The molecule has 110 valence electrons. The van der Waals surface area contributed by atoms with Crippen LogP contribution in [0.25, 0.3) is 10.9 Å². The van der Waals surface area contributed by atoms with Gasteiger partial charge in [-0.1, -0.05) is 31.5 Å². The molecule has 0 amide bonds. The molecule has 0 radical (unpaired) electrons. The first kappa shape index (κ1) is 15.0. The minimum Gasteiger partial charge on any atom is -0.391 e. The molecule has 1 aromatic heterocycles. The molecule has 0 saturated carbocycles. The van der Waals surface area contributed by atoms with Crippen LogP contribution in [0.3, 0.4) is 0 Å². The molecule has 1 aromatic carbocycles. The van der Waals surface area contributed by atoms with Crippen LogP contribution in [0.2, 0.25) is 0 Å². The van der Waals surface area contributed by atoms with Gasteiger partial charge >= 0.3 is 0 Å². The molecule has 0 spiro atoms. The number of para-hydroxylation sites is 1. The number of aliphatic hydroxyl groups is 1. The molecule has 0 aliphatic heterocycles. The van der Waals surface area contributed by atoms with Crippen molar-refractivity contribution in [2.75, 3.05) is 0 Å². The van der Waals surface area contributed by atoms with Crippen molar-refractivity contribution in [3.8, 4) is 0 Å². The summed E-state index contributed by atoms with van der Waals surface area (Å²) in [5, 5.41) is 10.4. The van der Waals surface area contributed by atoms with Gasteiger partial charge in [0.2, 0.25) is 0 Å². The summed E-state index contributed by atoms with van der Waals surface area (Å²) in [5.41, 5.74) is 1.15. The lowest BCUT2D eigenvalue weighted by Crippen LogP contribution is -2.16. The number of fused-ring (bicyclic) bond motifs is 1. The van der Waals surface area contributed by atoms with Gasteiger partial charge in [-0.2, -0.15) is 8.42 Å². The Morgan fingerprint density at radius 1 is 1.30 bits per heavy atom. The van der Waals surface area contributed by atoms with Gasteiger partial charge < -0.3 is 9.67 Å². The molecule has 1 unspecified atom stereocenters. The first-order chi connectivity index (χ1) is 9.36. The smallest absolute Gasteiger partial charge is 0.296 e. The Labute approximate surface area is 118 Å². The zero-order valence-electron chi connectivity index (χ0n) is 11.6. The van der Waals surface area contributed by atoms with E-state index in [1.165, 1.54) is 0 Å². The first-order valence-electron chi connectivity index (χ1n) is 6.59. The van der Waals surface area contributed by atoms with E-state index >= 15 is 0 Å². The predicted octanol–water partition coefficient (Wildman–Crippen LogP) is 2.36. The van der Waals surface area contributed by atoms with Crippen LogP contribution in [0.5, 0.6) is 0 Å². The minimum atomic E-state index is -4.29. The summed E-state index contributed by atoms with van der Waals surface area (Å²) >= 11 is 0. The van der Waals surface area contributed by atoms with Crippen molar-refractivity contribution in [1.29, 1.82) is 0 Å². The fourth-order valence-electron chi connectivity index (χ4n) is 2.60. The maximum Gasteiger partial charge on any atom is 0.296 e. The molecule has 2 aromatic rings. The van der Waals surface area contributed by atoms with Crippen molar-refractivity contribution < 1.29 is 18.1 Å². The molecule has 0 bridgehead atoms. The second-order valence-electron chi connectivity index (χ2n) is 4.96. The summed E-state index contributed by atoms with van der Waals surface area (Å²) in [5.74, 6) is 0. The van der Waals surface area contributed by atoms with Crippen molar-refractivity contribution in [1.82, 2.24) is 4.57 Å². The van der Waals surface area contributed by atoms with Gasteiger partial charge in [-0.25, -0.2) is 0 Å². The van der Waals surface area contributed by atoms with Gasteiger partial charge in [0.15, 0.2) is 0 Å². The molecular formula is C14H19NO4S. The van der Waals surface area contributed by atoms with E-state index in [1.807, 2.05) is 6.92 Å². The molecule has 2 rings (SSSR count). The molecular weight excluding hydrogens is 278 g/mol. The second-order valence-corrected chi connectivity index (χ2v) is 6.32. The van der Waals surface area contributed by atoms with Crippen LogP contribution in [0.15, 0.2) is 29.2 Å². The van der Waals surface area contributed by atoms with E-state index < -0.39 is 16.2 Å². The Morgan fingerprint density at radius 2 is 1.95 bits per heavy atom. The van der Waals surface area contributed by atoms with E-state index in [0.717, 1.165) is 6.42 Å². The fourth-order valence-corrected chi connectivity index (χ4v) is 3.53. The van der Waals surface area contributed by atoms with Gasteiger partial charge in [0.05, 0.1) is 6.10 Å². The molecule has 5 nitrogen and oxygen atoms in total. The number of aromatic nitrogens is 1. The monoisotopic (exact) mass is 297 g/mol. The summed E-state index contributed by atoms with van der Waals surface area (Å²) in [7, 11) is -4.29. The van der Waals surface area contributed by atoms with E-state index in [-0.39, 0.29) is 4.90 Å².